The first-order valence-corrected chi connectivity index (χ1v) is 8.75. The van der Waals surface area contributed by atoms with E-state index in [0.29, 0.717) is 28.3 Å². The number of hydrogen-bond donors (Lipinski definition) is 4. The molecule has 29 heavy (non-hydrogen) atoms. The minimum absolute atomic E-state index is 0. The molecule has 0 fully saturated rings. The van der Waals surface area contributed by atoms with Gasteiger partial charge in [0, 0.05) is 22.2 Å². The molecule has 0 aliphatic heterocycles. The molecule has 146 valence electrons. The highest BCUT2D eigenvalue weighted by Gasteiger charge is 2.11. The smallest absolute Gasteiger partial charge is 0.272 e. The number of fused-ring (bicyclic) bond motifs is 1. The van der Waals surface area contributed by atoms with Gasteiger partial charge in [-0.1, -0.05) is 30.3 Å². The largest absolute Gasteiger partial charge is 0.397 e. The fourth-order valence-corrected chi connectivity index (χ4v) is 2.90. The Morgan fingerprint density at radius 3 is 2.21 bits per heavy atom. The van der Waals surface area contributed by atoms with Gasteiger partial charge >= 0.3 is 0 Å². The van der Waals surface area contributed by atoms with E-state index in [2.05, 4.69) is 15.6 Å². The second kappa shape index (κ2) is 8.62. The van der Waals surface area contributed by atoms with Gasteiger partial charge in [-0.2, -0.15) is 0 Å². The molecular weight excluding hydrogens is 432 g/mol. The number of aromatic amines is 1. The second-order valence-electron chi connectivity index (χ2n) is 6.34. The number of nitrogens with two attached hydrogens (primary N) is 1. The molecule has 5 N–H and O–H groups in total. The van der Waals surface area contributed by atoms with E-state index in [1.54, 1.807) is 54.6 Å². The van der Waals surface area contributed by atoms with Crippen molar-refractivity contribution in [3.8, 4) is 0 Å². The fraction of sp³-hybridized carbons (Fsp3) is 0. The normalized spacial score (nSPS) is 10.2. The van der Waals surface area contributed by atoms with Gasteiger partial charge in [-0.05, 0) is 48.5 Å². The molecule has 7 heteroatoms. The van der Waals surface area contributed by atoms with E-state index in [1.165, 1.54) is 0 Å². The molecule has 0 saturated carbocycles. The standard InChI is InChI=1S/C22H18N4O2.BrH/c23-17-6-2-4-8-19(17)26-21(27)14-9-11-16(12-10-14)24-22(28)20-13-15-5-1-3-7-18(15)25-20;/h1-13,25H,23H2,(H,24,28)(H,26,27);1H. The van der Waals surface area contributed by atoms with Crippen molar-refractivity contribution in [2.24, 2.45) is 0 Å². The Labute approximate surface area is 177 Å². The fourth-order valence-electron chi connectivity index (χ4n) is 2.90. The maximum Gasteiger partial charge on any atom is 0.272 e. The average Bonchev–Trinajstić information content (AvgIpc) is 3.15. The number of H-pyrrole nitrogens is 1. The molecule has 0 saturated heterocycles. The van der Waals surface area contributed by atoms with Crippen LogP contribution in [0.5, 0.6) is 0 Å². The van der Waals surface area contributed by atoms with Gasteiger partial charge in [-0.15, -0.1) is 17.0 Å². The third kappa shape index (κ3) is 4.47. The summed E-state index contributed by atoms with van der Waals surface area (Å²) in [7, 11) is 0. The molecule has 0 atom stereocenters. The van der Waals surface area contributed by atoms with Crippen molar-refractivity contribution in [3.05, 3.63) is 90.1 Å². The van der Waals surface area contributed by atoms with Crippen molar-refractivity contribution in [1.29, 1.82) is 0 Å². The zero-order chi connectivity index (χ0) is 19.5. The molecule has 6 nitrogen and oxygen atoms in total. The topological polar surface area (TPSA) is 100 Å². The van der Waals surface area contributed by atoms with E-state index >= 15 is 0 Å². The quantitative estimate of drug-likeness (QED) is 0.335. The Morgan fingerprint density at radius 1 is 0.793 bits per heavy atom. The molecule has 2 amide bonds. The lowest BCUT2D eigenvalue weighted by Crippen LogP contribution is -2.14. The zero-order valence-corrected chi connectivity index (χ0v) is 17.0. The van der Waals surface area contributed by atoms with Gasteiger partial charge in [0.1, 0.15) is 5.69 Å². The number of halogens is 1. The molecule has 4 aromatic rings. The monoisotopic (exact) mass is 450 g/mol. The van der Waals surface area contributed by atoms with E-state index in [9.17, 15) is 9.59 Å². The Balaban J connectivity index is 0.00000240. The minimum Gasteiger partial charge on any atom is -0.397 e. The SMILES string of the molecule is Br.Nc1ccccc1NC(=O)c1ccc(NC(=O)c2cc3ccccc3[nH]2)cc1. The van der Waals surface area contributed by atoms with Crippen LogP contribution < -0.4 is 16.4 Å². The van der Waals surface area contributed by atoms with Gasteiger partial charge in [0.2, 0.25) is 0 Å². The molecule has 0 aliphatic carbocycles. The van der Waals surface area contributed by atoms with Gasteiger partial charge in [0.15, 0.2) is 0 Å². The molecule has 0 spiro atoms. The van der Waals surface area contributed by atoms with E-state index in [-0.39, 0.29) is 28.8 Å². The first-order valence-electron chi connectivity index (χ1n) is 8.75. The summed E-state index contributed by atoms with van der Waals surface area (Å²) < 4.78 is 0. The van der Waals surface area contributed by atoms with Gasteiger partial charge in [0.05, 0.1) is 11.4 Å². The molecule has 0 radical (unpaired) electrons. The maximum absolute atomic E-state index is 12.4. The number of hydrogen-bond acceptors (Lipinski definition) is 3. The van der Waals surface area contributed by atoms with Crippen LogP contribution in [0.4, 0.5) is 17.1 Å². The van der Waals surface area contributed by atoms with Crippen LogP contribution in [0.15, 0.2) is 78.9 Å². The van der Waals surface area contributed by atoms with Crippen LogP contribution in [0.3, 0.4) is 0 Å². The molecular formula is C22H19BrN4O2. The highest BCUT2D eigenvalue weighted by Crippen LogP contribution is 2.19. The lowest BCUT2D eigenvalue weighted by atomic mass is 10.1. The number of para-hydroxylation sites is 3. The summed E-state index contributed by atoms with van der Waals surface area (Å²) in [5, 5.41) is 6.57. The summed E-state index contributed by atoms with van der Waals surface area (Å²) in [6.45, 7) is 0. The van der Waals surface area contributed by atoms with E-state index < -0.39 is 0 Å². The second-order valence-corrected chi connectivity index (χ2v) is 6.34. The third-order valence-electron chi connectivity index (χ3n) is 4.39. The molecule has 4 rings (SSSR count). The van der Waals surface area contributed by atoms with Crippen molar-refractivity contribution in [2.75, 3.05) is 16.4 Å². The third-order valence-corrected chi connectivity index (χ3v) is 4.39. The Hall–Kier alpha value is -3.58. The maximum atomic E-state index is 12.4. The number of carbonyl (C=O) groups excluding carboxylic acids is 2. The van der Waals surface area contributed by atoms with Crippen LogP contribution in [-0.2, 0) is 0 Å². The number of nitrogen functional groups attached to an aromatic ring is 1. The van der Waals surface area contributed by atoms with E-state index in [4.69, 9.17) is 5.73 Å². The van der Waals surface area contributed by atoms with Crippen molar-refractivity contribution in [1.82, 2.24) is 4.98 Å². The number of amides is 2. The molecule has 0 unspecified atom stereocenters. The van der Waals surface area contributed by atoms with Gasteiger partial charge < -0.3 is 21.4 Å². The molecule has 1 aromatic heterocycles. The van der Waals surface area contributed by atoms with E-state index in [1.807, 2.05) is 24.3 Å². The van der Waals surface area contributed by atoms with Crippen molar-refractivity contribution in [2.45, 2.75) is 0 Å². The van der Waals surface area contributed by atoms with E-state index in [0.717, 1.165) is 10.9 Å². The van der Waals surface area contributed by atoms with Gasteiger partial charge in [-0.3, -0.25) is 9.59 Å². The molecule has 3 aromatic carbocycles. The summed E-state index contributed by atoms with van der Waals surface area (Å²) in [5.41, 5.74) is 9.34. The predicted octanol–water partition coefficient (Wildman–Crippen LogP) is 4.83. The number of carbonyl (C=O) groups is 2. The number of aromatic nitrogens is 1. The first-order chi connectivity index (χ1) is 13.6. The number of benzene rings is 3. The van der Waals surface area contributed by atoms with Gasteiger partial charge in [-0.25, -0.2) is 0 Å². The predicted molar refractivity (Wildman–Crippen MR) is 122 cm³/mol. The number of rotatable bonds is 4. The number of anilines is 3. The summed E-state index contributed by atoms with van der Waals surface area (Å²) in [4.78, 5) is 27.9. The van der Waals surface area contributed by atoms with Crippen LogP contribution >= 0.6 is 17.0 Å². The highest BCUT2D eigenvalue weighted by molar-refractivity contribution is 8.93. The van der Waals surface area contributed by atoms with Crippen molar-refractivity contribution >= 4 is 56.8 Å². The highest BCUT2D eigenvalue weighted by atomic mass is 79.9. The van der Waals surface area contributed by atoms with Crippen molar-refractivity contribution < 1.29 is 9.59 Å². The Bertz CT molecular complexity index is 1140. The van der Waals surface area contributed by atoms with Crippen LogP contribution in [-0.4, -0.2) is 16.8 Å². The zero-order valence-electron chi connectivity index (χ0n) is 15.3. The van der Waals surface area contributed by atoms with Crippen LogP contribution in [0.1, 0.15) is 20.8 Å². The lowest BCUT2D eigenvalue weighted by Gasteiger charge is -2.09. The lowest BCUT2D eigenvalue weighted by molar-refractivity contribution is 0.101. The van der Waals surface area contributed by atoms with Crippen LogP contribution in [0.2, 0.25) is 0 Å². The Morgan fingerprint density at radius 2 is 1.48 bits per heavy atom. The summed E-state index contributed by atoms with van der Waals surface area (Å²) in [5.74, 6) is -0.517. The molecule has 1 heterocycles. The Kier molecular flexibility index (Phi) is 5.99. The van der Waals surface area contributed by atoms with Crippen LogP contribution in [0, 0.1) is 0 Å². The molecule has 0 bridgehead atoms. The minimum atomic E-state index is -0.272. The summed E-state index contributed by atoms with van der Waals surface area (Å²) >= 11 is 0. The summed E-state index contributed by atoms with van der Waals surface area (Å²) in [6.07, 6.45) is 0. The number of nitrogens with one attached hydrogen (secondary N) is 3. The first kappa shape index (κ1) is 20.2. The average molecular weight is 451 g/mol. The van der Waals surface area contributed by atoms with Crippen molar-refractivity contribution in [3.63, 3.8) is 0 Å². The molecule has 0 aliphatic rings. The summed E-state index contributed by atoms with van der Waals surface area (Å²) in [6, 6.07) is 23.2. The van der Waals surface area contributed by atoms with Crippen LogP contribution in [0.25, 0.3) is 10.9 Å². The van der Waals surface area contributed by atoms with Gasteiger partial charge in [0.25, 0.3) is 11.8 Å².